The van der Waals surface area contributed by atoms with E-state index in [0.29, 0.717) is 37.2 Å². The van der Waals surface area contributed by atoms with Gasteiger partial charge in [-0.3, -0.25) is 14.9 Å². The summed E-state index contributed by atoms with van der Waals surface area (Å²) in [4.78, 5) is 30.0. The van der Waals surface area contributed by atoms with E-state index in [1.807, 2.05) is 36.4 Å². The second-order valence-corrected chi connectivity index (χ2v) is 11.4. The van der Waals surface area contributed by atoms with E-state index in [-0.39, 0.29) is 11.1 Å². The number of nitrogens with one attached hydrogen (secondary N) is 2. The van der Waals surface area contributed by atoms with Crippen LogP contribution >= 0.6 is 31.9 Å². The molecule has 2 aliphatic heterocycles. The Balaban J connectivity index is 1.71. The van der Waals surface area contributed by atoms with E-state index in [1.165, 1.54) is 7.11 Å². The third-order valence-corrected chi connectivity index (χ3v) is 9.09. The van der Waals surface area contributed by atoms with Gasteiger partial charge in [-0.2, -0.15) is 0 Å². The summed E-state index contributed by atoms with van der Waals surface area (Å²) < 4.78 is 14.7. The predicted molar refractivity (Wildman–Crippen MR) is 150 cm³/mol. The molecule has 7 rings (SSSR count). The number of amides is 2. The number of carbonyl (C=O) groups excluding carboxylic acids is 2. The van der Waals surface area contributed by atoms with Crippen molar-refractivity contribution in [3.05, 3.63) is 56.5 Å². The zero-order chi connectivity index (χ0) is 27.3. The van der Waals surface area contributed by atoms with Crippen molar-refractivity contribution < 1.29 is 34.4 Å². The molecule has 5 atom stereocenters. The van der Waals surface area contributed by atoms with Gasteiger partial charge in [-0.25, -0.2) is 0 Å². The molecule has 39 heavy (non-hydrogen) atoms. The largest absolute Gasteiger partial charge is 0.394 e. The zero-order valence-electron chi connectivity index (χ0n) is 20.2. The van der Waals surface area contributed by atoms with Gasteiger partial charge in [0, 0.05) is 37.6 Å². The van der Waals surface area contributed by atoms with Crippen LogP contribution in [-0.4, -0.2) is 74.8 Å². The third-order valence-electron chi connectivity index (χ3n) is 7.79. The van der Waals surface area contributed by atoms with Crippen LogP contribution in [0.5, 0.6) is 0 Å². The smallest absolute Gasteiger partial charge is 0.259 e. The van der Waals surface area contributed by atoms with Gasteiger partial charge < -0.3 is 34.3 Å². The summed E-state index contributed by atoms with van der Waals surface area (Å²) in [5.74, 6) is -1.02. The summed E-state index contributed by atoms with van der Waals surface area (Å²) in [6.07, 6.45) is -5.93. The maximum absolute atomic E-state index is 13.3. The number of carbonyl (C=O) groups is 2. The van der Waals surface area contributed by atoms with Crippen molar-refractivity contribution in [1.29, 1.82) is 0 Å². The average molecular weight is 659 g/mol. The van der Waals surface area contributed by atoms with Gasteiger partial charge in [-0.15, -0.1) is 0 Å². The Kier molecular flexibility index (Phi) is 5.69. The van der Waals surface area contributed by atoms with Gasteiger partial charge in [0.2, 0.25) is 0 Å². The molecule has 10 nitrogen and oxygen atoms in total. The van der Waals surface area contributed by atoms with Gasteiger partial charge in [0.1, 0.15) is 24.4 Å². The highest BCUT2D eigenvalue weighted by atomic mass is 79.9. The molecular formula is C27H21Br2N3O7. The second-order valence-electron chi connectivity index (χ2n) is 9.73. The lowest BCUT2D eigenvalue weighted by Gasteiger charge is -2.42. The fraction of sp³-hybridized carbons (Fsp3) is 0.259. The minimum atomic E-state index is -1.46. The molecule has 1 saturated heterocycles. The number of H-pyrrole nitrogens is 1. The Morgan fingerprint density at radius 3 is 2.28 bits per heavy atom. The van der Waals surface area contributed by atoms with Crippen LogP contribution in [0, 0.1) is 0 Å². The second kappa shape index (κ2) is 8.83. The summed E-state index contributed by atoms with van der Waals surface area (Å²) in [5, 5.41) is 37.3. The number of aromatic nitrogens is 2. The molecule has 5 unspecified atom stereocenters. The van der Waals surface area contributed by atoms with Crippen molar-refractivity contribution in [1.82, 2.24) is 14.9 Å². The molecule has 5 N–H and O–H groups in total. The van der Waals surface area contributed by atoms with Crippen LogP contribution in [-0.2, 0) is 9.47 Å². The fourth-order valence-corrected chi connectivity index (χ4v) is 7.22. The number of nitrogens with zero attached hydrogens (tertiary/aromatic N) is 1. The zero-order valence-corrected chi connectivity index (χ0v) is 23.4. The van der Waals surface area contributed by atoms with E-state index in [0.717, 1.165) is 15.4 Å². The molecule has 5 aromatic rings. The molecule has 0 radical (unpaired) electrons. The molecular weight excluding hydrogens is 638 g/mol. The van der Waals surface area contributed by atoms with Gasteiger partial charge in [0.25, 0.3) is 11.8 Å². The van der Waals surface area contributed by atoms with Crippen molar-refractivity contribution >= 4 is 87.3 Å². The lowest BCUT2D eigenvalue weighted by molar-refractivity contribution is -0.255. The van der Waals surface area contributed by atoms with Gasteiger partial charge in [-0.05, 0) is 44.0 Å². The highest BCUT2D eigenvalue weighted by Crippen LogP contribution is 2.48. The number of aromatic amines is 1. The first kappa shape index (κ1) is 25.1. The highest BCUT2D eigenvalue weighted by molar-refractivity contribution is 9.11. The minimum absolute atomic E-state index is 0.226. The molecule has 0 bridgehead atoms. The molecule has 2 aromatic heterocycles. The van der Waals surface area contributed by atoms with Crippen LogP contribution in [0.4, 0.5) is 0 Å². The Bertz CT molecular complexity index is 1880. The number of aliphatic hydroxyl groups is 3. The van der Waals surface area contributed by atoms with Crippen molar-refractivity contribution in [3.8, 4) is 0 Å². The van der Waals surface area contributed by atoms with Crippen molar-refractivity contribution in [2.45, 2.75) is 30.6 Å². The lowest BCUT2D eigenvalue weighted by Crippen LogP contribution is -2.57. The number of ether oxygens (including phenoxy) is 2. The Morgan fingerprint density at radius 2 is 1.59 bits per heavy atom. The SMILES string of the molecule is COC1C(CO)OC(n2c3c(Br)cccc3c3c4c(c5c6cccc(Br)c6[nH]c5c32)C(=O)NC4=O)C(O)C1O. The molecule has 0 aliphatic carbocycles. The van der Waals surface area contributed by atoms with E-state index in [4.69, 9.17) is 9.47 Å². The summed E-state index contributed by atoms with van der Waals surface area (Å²) in [6.45, 7) is -0.460. The molecule has 1 fully saturated rings. The summed E-state index contributed by atoms with van der Waals surface area (Å²) in [7, 11) is 1.37. The van der Waals surface area contributed by atoms with Gasteiger partial charge in [0.15, 0.2) is 6.23 Å². The standard InChI is InChI=1S/C27H21Br2N3O7/c1-38-24-13(8-33)39-27(23(35)22(24)34)32-20-10(5-3-7-12(20)29)15-17-16(25(36)31-26(17)37)14-9-4-2-6-11(28)18(9)30-19(14)21(15)32/h2-7,13,22-24,27,30,33-35H,8H2,1H3,(H,31,36,37). The van der Waals surface area contributed by atoms with Gasteiger partial charge >= 0.3 is 0 Å². The molecule has 0 spiro atoms. The van der Waals surface area contributed by atoms with E-state index in [2.05, 4.69) is 42.2 Å². The average Bonchev–Trinajstić information content (AvgIpc) is 3.56. The van der Waals surface area contributed by atoms with E-state index in [1.54, 1.807) is 4.57 Å². The fourth-order valence-electron chi connectivity index (χ4n) is 6.20. The maximum Gasteiger partial charge on any atom is 0.259 e. The number of hydrogen-bond acceptors (Lipinski definition) is 7. The molecule has 12 heteroatoms. The number of fused-ring (bicyclic) bond motifs is 10. The highest BCUT2D eigenvalue weighted by Gasteiger charge is 2.47. The minimum Gasteiger partial charge on any atom is -0.394 e. The van der Waals surface area contributed by atoms with Crippen LogP contribution in [0.25, 0.3) is 43.6 Å². The van der Waals surface area contributed by atoms with E-state index >= 15 is 0 Å². The number of methoxy groups -OCH3 is 1. The van der Waals surface area contributed by atoms with E-state index in [9.17, 15) is 24.9 Å². The topological polar surface area (TPSA) is 146 Å². The predicted octanol–water partition coefficient (Wildman–Crippen LogP) is 3.46. The van der Waals surface area contributed by atoms with Crippen LogP contribution in [0.2, 0.25) is 0 Å². The van der Waals surface area contributed by atoms with Gasteiger partial charge in [0.05, 0.1) is 39.8 Å². The molecule has 0 saturated carbocycles. The van der Waals surface area contributed by atoms with E-state index < -0.39 is 49.1 Å². The first-order valence-electron chi connectivity index (χ1n) is 12.2. The molecule has 200 valence electrons. The first-order chi connectivity index (χ1) is 18.8. The number of hydrogen-bond donors (Lipinski definition) is 5. The van der Waals surface area contributed by atoms with Crippen molar-refractivity contribution in [2.75, 3.05) is 13.7 Å². The number of aliphatic hydroxyl groups excluding tert-OH is 3. The van der Waals surface area contributed by atoms with Gasteiger partial charge in [-0.1, -0.05) is 24.3 Å². The van der Waals surface area contributed by atoms with Crippen LogP contribution in [0.15, 0.2) is 45.3 Å². The maximum atomic E-state index is 13.3. The third kappa shape index (κ3) is 3.24. The summed E-state index contributed by atoms with van der Waals surface area (Å²) in [6, 6.07) is 11.0. The quantitative estimate of drug-likeness (QED) is 0.187. The number of halogens is 2. The number of imide groups is 1. The van der Waals surface area contributed by atoms with Crippen LogP contribution in [0.3, 0.4) is 0 Å². The summed E-state index contributed by atoms with van der Waals surface area (Å²) >= 11 is 7.21. The molecule has 4 heterocycles. The first-order valence-corrected chi connectivity index (χ1v) is 13.8. The van der Waals surface area contributed by atoms with Crippen LogP contribution < -0.4 is 5.32 Å². The number of rotatable bonds is 3. The van der Waals surface area contributed by atoms with Crippen LogP contribution in [0.1, 0.15) is 26.9 Å². The molecule has 3 aromatic carbocycles. The number of para-hydroxylation sites is 2. The van der Waals surface area contributed by atoms with Crippen molar-refractivity contribution in [3.63, 3.8) is 0 Å². The molecule has 2 aliphatic rings. The normalized spacial score (nSPS) is 25.3. The Labute approximate surface area is 236 Å². The Morgan fingerprint density at radius 1 is 0.923 bits per heavy atom. The number of benzene rings is 3. The summed E-state index contributed by atoms with van der Waals surface area (Å²) in [5.41, 5.74) is 2.85. The molecule has 2 amide bonds. The van der Waals surface area contributed by atoms with Crippen molar-refractivity contribution in [2.24, 2.45) is 0 Å². The lowest BCUT2D eigenvalue weighted by atomic mass is 9.96. The monoisotopic (exact) mass is 657 g/mol. The Hall–Kier alpha value is -2.84.